The number of hydrogen-bond acceptors (Lipinski definition) is 5. The van der Waals surface area contributed by atoms with Crippen LogP contribution in [0.4, 0.5) is 5.82 Å². The van der Waals surface area contributed by atoms with E-state index in [1.54, 1.807) is 0 Å². The Balaban J connectivity index is 2.15. The van der Waals surface area contributed by atoms with Gasteiger partial charge < -0.3 is 15.5 Å². The van der Waals surface area contributed by atoms with Gasteiger partial charge in [0.15, 0.2) is 11.5 Å². The van der Waals surface area contributed by atoms with Gasteiger partial charge in [-0.1, -0.05) is 0 Å². The first-order valence-electron chi connectivity index (χ1n) is 5.30. The van der Waals surface area contributed by atoms with Gasteiger partial charge in [0.25, 0.3) is 0 Å². The first-order valence-corrected chi connectivity index (χ1v) is 5.30. The van der Waals surface area contributed by atoms with Crippen LogP contribution in [-0.4, -0.2) is 26.5 Å². The third-order valence-electron chi connectivity index (χ3n) is 3.04. The van der Waals surface area contributed by atoms with Crippen LogP contribution in [0, 0.1) is 0 Å². The zero-order chi connectivity index (χ0) is 11.2. The number of nitrogen functional groups attached to an aromatic ring is 1. The van der Waals surface area contributed by atoms with Crippen LogP contribution >= 0.6 is 0 Å². The SMILES string of the molecule is CC1(c2nc3ncnc(N)c3[nH]2)CCCO1. The summed E-state index contributed by atoms with van der Waals surface area (Å²) in [6, 6.07) is 0. The lowest BCUT2D eigenvalue weighted by molar-refractivity contribution is 0.0103. The number of anilines is 1. The molecule has 6 nitrogen and oxygen atoms in total. The van der Waals surface area contributed by atoms with Gasteiger partial charge in [0.2, 0.25) is 0 Å². The maximum absolute atomic E-state index is 5.75. The number of fused-ring (bicyclic) bond motifs is 1. The molecule has 0 amide bonds. The summed E-state index contributed by atoms with van der Waals surface area (Å²) in [5.41, 5.74) is 6.69. The molecule has 1 unspecified atom stereocenters. The van der Waals surface area contributed by atoms with Crippen molar-refractivity contribution in [1.82, 2.24) is 19.9 Å². The molecule has 3 N–H and O–H groups in total. The van der Waals surface area contributed by atoms with E-state index < -0.39 is 0 Å². The Labute approximate surface area is 92.3 Å². The van der Waals surface area contributed by atoms with Gasteiger partial charge in [-0.15, -0.1) is 0 Å². The number of ether oxygens (including phenoxy) is 1. The third-order valence-corrected chi connectivity index (χ3v) is 3.04. The van der Waals surface area contributed by atoms with Gasteiger partial charge in [-0.3, -0.25) is 0 Å². The van der Waals surface area contributed by atoms with Crippen molar-refractivity contribution in [1.29, 1.82) is 0 Å². The molecule has 6 heteroatoms. The molecular weight excluding hydrogens is 206 g/mol. The maximum atomic E-state index is 5.75. The van der Waals surface area contributed by atoms with Crippen molar-refractivity contribution in [2.45, 2.75) is 25.4 Å². The van der Waals surface area contributed by atoms with E-state index in [9.17, 15) is 0 Å². The van der Waals surface area contributed by atoms with E-state index in [1.807, 2.05) is 6.92 Å². The number of aromatic nitrogens is 4. The lowest BCUT2D eigenvalue weighted by atomic mass is 10.0. The smallest absolute Gasteiger partial charge is 0.183 e. The summed E-state index contributed by atoms with van der Waals surface area (Å²) in [6.07, 6.45) is 3.43. The van der Waals surface area contributed by atoms with Crippen LogP contribution in [0.15, 0.2) is 6.33 Å². The Morgan fingerprint density at radius 1 is 1.50 bits per heavy atom. The van der Waals surface area contributed by atoms with Crippen molar-refractivity contribution in [3.8, 4) is 0 Å². The summed E-state index contributed by atoms with van der Waals surface area (Å²) < 4.78 is 5.71. The standard InChI is InChI=1S/C10H13N5O/c1-10(3-2-4-16-10)9-14-6-7(11)12-5-13-8(6)15-9/h5H,2-4H2,1H3,(H3,11,12,13,14,15). The molecule has 1 saturated heterocycles. The lowest BCUT2D eigenvalue weighted by Crippen LogP contribution is -2.21. The molecule has 0 aromatic carbocycles. The van der Waals surface area contributed by atoms with Crippen LogP contribution in [0.5, 0.6) is 0 Å². The van der Waals surface area contributed by atoms with Crippen molar-refractivity contribution in [3.63, 3.8) is 0 Å². The molecule has 1 atom stereocenters. The Hall–Kier alpha value is -1.69. The number of nitrogens with two attached hydrogens (primary N) is 1. The van der Waals surface area contributed by atoms with Crippen molar-refractivity contribution >= 4 is 17.0 Å². The highest BCUT2D eigenvalue weighted by Gasteiger charge is 2.35. The molecule has 0 saturated carbocycles. The highest BCUT2D eigenvalue weighted by molar-refractivity contribution is 5.81. The normalized spacial score (nSPS) is 25.3. The molecule has 1 fully saturated rings. The van der Waals surface area contributed by atoms with Gasteiger partial charge in [-0.2, -0.15) is 0 Å². The largest absolute Gasteiger partial charge is 0.382 e. The molecule has 84 valence electrons. The van der Waals surface area contributed by atoms with E-state index in [1.165, 1.54) is 6.33 Å². The predicted octanol–water partition coefficient (Wildman–Crippen LogP) is 0.961. The Bertz CT molecular complexity index is 529. The minimum atomic E-state index is -0.340. The number of H-pyrrole nitrogens is 1. The molecule has 0 radical (unpaired) electrons. The van der Waals surface area contributed by atoms with Gasteiger partial charge in [-0.05, 0) is 19.8 Å². The van der Waals surface area contributed by atoms with Crippen LogP contribution in [0.2, 0.25) is 0 Å². The van der Waals surface area contributed by atoms with E-state index in [4.69, 9.17) is 10.5 Å². The topological polar surface area (TPSA) is 89.7 Å². The van der Waals surface area contributed by atoms with Gasteiger partial charge in [0.05, 0.1) is 0 Å². The Morgan fingerprint density at radius 3 is 3.06 bits per heavy atom. The second-order valence-corrected chi connectivity index (χ2v) is 4.23. The van der Waals surface area contributed by atoms with Crippen LogP contribution in [0.3, 0.4) is 0 Å². The van der Waals surface area contributed by atoms with E-state index in [-0.39, 0.29) is 5.60 Å². The minimum absolute atomic E-state index is 0.340. The number of nitrogens with one attached hydrogen (secondary N) is 1. The van der Waals surface area contributed by atoms with E-state index in [2.05, 4.69) is 19.9 Å². The number of aromatic amines is 1. The molecule has 3 rings (SSSR count). The van der Waals surface area contributed by atoms with Crippen molar-refractivity contribution < 1.29 is 4.74 Å². The first-order chi connectivity index (χ1) is 7.69. The summed E-state index contributed by atoms with van der Waals surface area (Å²) in [6.45, 7) is 2.80. The Kier molecular flexibility index (Phi) is 1.88. The summed E-state index contributed by atoms with van der Waals surface area (Å²) in [5, 5.41) is 0. The highest BCUT2D eigenvalue weighted by atomic mass is 16.5. The molecular formula is C10H13N5O. The zero-order valence-electron chi connectivity index (χ0n) is 9.03. The van der Waals surface area contributed by atoms with Crippen LogP contribution in [0.25, 0.3) is 11.2 Å². The summed E-state index contributed by atoms with van der Waals surface area (Å²) in [4.78, 5) is 15.6. The monoisotopic (exact) mass is 219 g/mol. The average molecular weight is 219 g/mol. The molecule has 3 heterocycles. The molecule has 0 spiro atoms. The number of rotatable bonds is 1. The summed E-state index contributed by atoms with van der Waals surface area (Å²) in [5.74, 6) is 1.21. The van der Waals surface area contributed by atoms with E-state index >= 15 is 0 Å². The molecule has 2 aromatic heterocycles. The molecule has 16 heavy (non-hydrogen) atoms. The van der Waals surface area contributed by atoms with Crippen molar-refractivity contribution in [2.24, 2.45) is 0 Å². The highest BCUT2D eigenvalue weighted by Crippen LogP contribution is 2.34. The molecule has 1 aliphatic heterocycles. The second kappa shape index (κ2) is 3.15. The number of hydrogen-bond donors (Lipinski definition) is 2. The molecule has 1 aliphatic rings. The van der Waals surface area contributed by atoms with Crippen LogP contribution in [0.1, 0.15) is 25.6 Å². The quantitative estimate of drug-likeness (QED) is 0.745. The fourth-order valence-corrected chi connectivity index (χ4v) is 2.06. The number of nitrogens with zero attached hydrogens (tertiary/aromatic N) is 3. The van der Waals surface area contributed by atoms with Gasteiger partial charge >= 0.3 is 0 Å². The third kappa shape index (κ3) is 1.26. The van der Waals surface area contributed by atoms with E-state index in [0.29, 0.717) is 17.0 Å². The summed E-state index contributed by atoms with van der Waals surface area (Å²) >= 11 is 0. The molecule has 0 aliphatic carbocycles. The number of imidazole rings is 1. The molecule has 0 bridgehead atoms. The van der Waals surface area contributed by atoms with Crippen molar-refractivity contribution in [3.05, 3.63) is 12.2 Å². The average Bonchev–Trinajstić information content (AvgIpc) is 2.85. The van der Waals surface area contributed by atoms with Crippen LogP contribution < -0.4 is 5.73 Å². The second-order valence-electron chi connectivity index (χ2n) is 4.23. The van der Waals surface area contributed by atoms with Crippen LogP contribution in [-0.2, 0) is 10.3 Å². The minimum Gasteiger partial charge on any atom is -0.382 e. The van der Waals surface area contributed by atoms with Crippen molar-refractivity contribution in [2.75, 3.05) is 12.3 Å². The Morgan fingerprint density at radius 2 is 2.38 bits per heavy atom. The first kappa shape index (κ1) is 9.53. The van der Waals surface area contributed by atoms with Gasteiger partial charge in [0.1, 0.15) is 23.3 Å². The lowest BCUT2D eigenvalue weighted by Gasteiger charge is -2.19. The van der Waals surface area contributed by atoms with E-state index in [0.717, 1.165) is 25.3 Å². The summed E-state index contributed by atoms with van der Waals surface area (Å²) in [7, 11) is 0. The van der Waals surface area contributed by atoms with Gasteiger partial charge in [0, 0.05) is 6.61 Å². The maximum Gasteiger partial charge on any atom is 0.183 e. The predicted molar refractivity (Wildman–Crippen MR) is 58.6 cm³/mol. The fraction of sp³-hybridized carbons (Fsp3) is 0.500. The zero-order valence-corrected chi connectivity index (χ0v) is 9.03. The fourth-order valence-electron chi connectivity index (χ4n) is 2.06. The van der Waals surface area contributed by atoms with Gasteiger partial charge in [-0.25, -0.2) is 15.0 Å². The molecule has 2 aromatic rings.